The van der Waals surface area contributed by atoms with Crippen LogP contribution in [-0.2, 0) is 16.0 Å². The van der Waals surface area contributed by atoms with Gasteiger partial charge in [-0.05, 0) is 48.7 Å². The fraction of sp³-hybridized carbons (Fsp3) is 0.292. The first-order chi connectivity index (χ1) is 16.0. The molecule has 170 valence electrons. The minimum absolute atomic E-state index is 0.206. The van der Waals surface area contributed by atoms with E-state index >= 15 is 0 Å². The zero-order chi connectivity index (χ0) is 22.9. The highest BCUT2D eigenvalue weighted by atomic mass is 35.5. The number of benzene rings is 2. The second kappa shape index (κ2) is 8.88. The van der Waals surface area contributed by atoms with Gasteiger partial charge in [0.15, 0.2) is 0 Å². The number of hydrogen-bond acceptors (Lipinski definition) is 5. The number of fused-ring (bicyclic) bond motifs is 1. The molecule has 0 aliphatic carbocycles. The van der Waals surface area contributed by atoms with E-state index in [0.29, 0.717) is 41.5 Å². The molecular formula is C24H23ClN4O4. The monoisotopic (exact) mass is 466 g/mol. The van der Waals surface area contributed by atoms with Gasteiger partial charge in [-0.3, -0.25) is 13.8 Å². The number of methoxy groups -OCH3 is 1. The summed E-state index contributed by atoms with van der Waals surface area (Å²) in [4.78, 5) is 25.5. The fourth-order valence-corrected chi connectivity index (χ4v) is 4.49. The molecule has 1 aliphatic rings. The maximum Gasteiger partial charge on any atom is 0.337 e. The second-order valence-corrected chi connectivity index (χ2v) is 8.49. The number of imidazole rings is 1. The van der Waals surface area contributed by atoms with E-state index in [0.717, 1.165) is 23.9 Å². The maximum atomic E-state index is 13.6. The van der Waals surface area contributed by atoms with Gasteiger partial charge in [-0.25, -0.2) is 9.59 Å². The van der Waals surface area contributed by atoms with Gasteiger partial charge in [0, 0.05) is 24.4 Å². The molecule has 0 saturated carbocycles. The molecule has 0 amide bonds. The lowest BCUT2D eigenvalue weighted by molar-refractivity contribution is 0.0600. The number of rotatable bonds is 5. The van der Waals surface area contributed by atoms with Crippen molar-refractivity contribution in [1.82, 2.24) is 18.9 Å². The molecule has 4 aromatic rings. The van der Waals surface area contributed by atoms with Crippen molar-refractivity contribution in [1.29, 1.82) is 0 Å². The Hall–Kier alpha value is -3.36. The first-order valence-corrected chi connectivity index (χ1v) is 11.1. The van der Waals surface area contributed by atoms with Crippen LogP contribution in [0.4, 0.5) is 0 Å². The van der Waals surface area contributed by atoms with Gasteiger partial charge in [0.1, 0.15) is 0 Å². The first kappa shape index (κ1) is 21.5. The molecule has 0 atom stereocenters. The second-order valence-electron chi connectivity index (χ2n) is 8.05. The lowest BCUT2D eigenvalue weighted by atomic mass is 10.1. The van der Waals surface area contributed by atoms with Crippen LogP contribution in [0.2, 0.25) is 5.02 Å². The van der Waals surface area contributed by atoms with E-state index in [1.165, 1.54) is 7.11 Å². The van der Waals surface area contributed by atoms with E-state index in [1.807, 2.05) is 23.0 Å². The predicted molar refractivity (Wildman–Crippen MR) is 124 cm³/mol. The summed E-state index contributed by atoms with van der Waals surface area (Å²) in [6.07, 6.45) is 5.39. The van der Waals surface area contributed by atoms with Crippen LogP contribution in [0, 0.1) is 0 Å². The van der Waals surface area contributed by atoms with Crippen molar-refractivity contribution in [2.75, 3.05) is 20.3 Å². The lowest BCUT2D eigenvalue weighted by Gasteiger charge is -2.22. The molecule has 0 radical (unpaired) electrons. The standard InChI is InChI=1S/C24H23ClN4O4/c1-32-23(30)17-4-2-3-16(11-17)14-27-21-6-5-18(25)12-22(21)29(24(27)31)20-13-26-28(15-20)19-7-9-33-10-8-19/h2-6,11-13,15,19H,7-10,14H2,1H3. The molecule has 9 heteroatoms. The van der Waals surface area contributed by atoms with Crippen molar-refractivity contribution >= 4 is 28.6 Å². The Kier molecular flexibility index (Phi) is 5.78. The van der Waals surface area contributed by atoms with Crippen molar-refractivity contribution in [3.05, 3.63) is 81.5 Å². The predicted octanol–water partition coefficient (Wildman–Crippen LogP) is 3.83. The zero-order valence-electron chi connectivity index (χ0n) is 18.1. The largest absolute Gasteiger partial charge is 0.465 e. The van der Waals surface area contributed by atoms with Crippen LogP contribution in [0.25, 0.3) is 16.7 Å². The average Bonchev–Trinajstić information content (AvgIpc) is 3.42. The highest BCUT2D eigenvalue weighted by Gasteiger charge is 2.20. The van der Waals surface area contributed by atoms with Crippen LogP contribution in [0.15, 0.2) is 59.7 Å². The van der Waals surface area contributed by atoms with Crippen molar-refractivity contribution in [2.24, 2.45) is 0 Å². The van der Waals surface area contributed by atoms with E-state index < -0.39 is 5.97 Å². The molecule has 2 aromatic heterocycles. The molecule has 0 N–H and O–H groups in total. The Morgan fingerprint density at radius 3 is 2.79 bits per heavy atom. The number of halogens is 1. The van der Waals surface area contributed by atoms with Crippen molar-refractivity contribution < 1.29 is 14.3 Å². The van der Waals surface area contributed by atoms with E-state index in [1.54, 1.807) is 45.7 Å². The van der Waals surface area contributed by atoms with Crippen molar-refractivity contribution in [2.45, 2.75) is 25.4 Å². The van der Waals surface area contributed by atoms with Gasteiger partial charge in [0.25, 0.3) is 0 Å². The molecule has 33 heavy (non-hydrogen) atoms. The molecule has 2 aromatic carbocycles. The van der Waals surface area contributed by atoms with Gasteiger partial charge in [-0.15, -0.1) is 0 Å². The van der Waals surface area contributed by atoms with Crippen molar-refractivity contribution in [3.63, 3.8) is 0 Å². The summed E-state index contributed by atoms with van der Waals surface area (Å²) in [5.74, 6) is -0.418. The SMILES string of the molecule is COC(=O)c1cccc(Cn2c(=O)n(-c3cnn(C4CCOCC4)c3)c3cc(Cl)ccc32)c1. The van der Waals surface area contributed by atoms with E-state index in [2.05, 4.69) is 5.10 Å². The highest BCUT2D eigenvalue weighted by molar-refractivity contribution is 6.31. The number of nitrogens with zero attached hydrogens (tertiary/aromatic N) is 4. The topological polar surface area (TPSA) is 80.3 Å². The molecule has 0 unspecified atom stereocenters. The zero-order valence-corrected chi connectivity index (χ0v) is 18.9. The molecular weight excluding hydrogens is 444 g/mol. The quantitative estimate of drug-likeness (QED) is 0.418. The Morgan fingerprint density at radius 1 is 1.18 bits per heavy atom. The normalized spacial score (nSPS) is 14.6. The summed E-state index contributed by atoms with van der Waals surface area (Å²) >= 11 is 6.29. The van der Waals surface area contributed by atoms with Crippen molar-refractivity contribution in [3.8, 4) is 5.69 Å². The summed E-state index contributed by atoms with van der Waals surface area (Å²) in [6, 6.07) is 12.7. The highest BCUT2D eigenvalue weighted by Crippen LogP contribution is 2.25. The molecule has 0 bridgehead atoms. The maximum absolute atomic E-state index is 13.6. The molecule has 8 nitrogen and oxygen atoms in total. The summed E-state index contributed by atoms with van der Waals surface area (Å²) in [6.45, 7) is 1.71. The van der Waals surface area contributed by atoms with Crippen LogP contribution >= 0.6 is 11.6 Å². The van der Waals surface area contributed by atoms with Gasteiger partial charge in [0.2, 0.25) is 0 Å². The number of ether oxygens (including phenoxy) is 2. The number of esters is 1. The average molecular weight is 467 g/mol. The van der Waals surface area contributed by atoms with Gasteiger partial charge < -0.3 is 9.47 Å². The van der Waals surface area contributed by atoms with Gasteiger partial charge in [0.05, 0.1) is 48.2 Å². The smallest absolute Gasteiger partial charge is 0.337 e. The van der Waals surface area contributed by atoms with Gasteiger partial charge in [-0.2, -0.15) is 5.10 Å². The minimum atomic E-state index is -0.418. The van der Waals surface area contributed by atoms with Crippen LogP contribution in [0.3, 0.4) is 0 Å². The number of aromatic nitrogens is 4. The van der Waals surface area contributed by atoms with Crippen LogP contribution in [-0.4, -0.2) is 45.2 Å². The Morgan fingerprint density at radius 2 is 2.00 bits per heavy atom. The van der Waals surface area contributed by atoms with E-state index in [-0.39, 0.29) is 11.7 Å². The van der Waals surface area contributed by atoms with Crippen LogP contribution < -0.4 is 5.69 Å². The Balaban J connectivity index is 1.58. The third kappa shape index (κ3) is 4.07. The number of carbonyl (C=O) groups excluding carboxylic acids is 1. The summed E-state index contributed by atoms with van der Waals surface area (Å²) in [5.41, 5.74) is 3.16. The minimum Gasteiger partial charge on any atom is -0.465 e. The van der Waals surface area contributed by atoms with Crippen LogP contribution in [0.1, 0.15) is 34.8 Å². The number of carbonyl (C=O) groups is 1. The third-order valence-electron chi connectivity index (χ3n) is 5.99. The number of hydrogen-bond donors (Lipinski definition) is 0. The lowest BCUT2D eigenvalue weighted by Crippen LogP contribution is -2.24. The Labute approximate surface area is 194 Å². The molecule has 5 rings (SSSR count). The van der Waals surface area contributed by atoms with E-state index in [4.69, 9.17) is 21.1 Å². The molecule has 1 aliphatic heterocycles. The van der Waals surface area contributed by atoms with E-state index in [9.17, 15) is 9.59 Å². The van der Waals surface area contributed by atoms with Gasteiger partial charge in [-0.1, -0.05) is 23.7 Å². The molecule has 1 fully saturated rings. The van der Waals surface area contributed by atoms with Gasteiger partial charge >= 0.3 is 11.7 Å². The summed E-state index contributed by atoms with van der Waals surface area (Å²) < 4.78 is 15.5. The molecule has 0 spiro atoms. The molecule has 1 saturated heterocycles. The third-order valence-corrected chi connectivity index (χ3v) is 6.23. The Bertz CT molecular complexity index is 1380. The first-order valence-electron chi connectivity index (χ1n) is 10.8. The fourth-order valence-electron chi connectivity index (χ4n) is 4.32. The molecule has 3 heterocycles. The van der Waals surface area contributed by atoms with Crippen LogP contribution in [0.5, 0.6) is 0 Å². The summed E-state index contributed by atoms with van der Waals surface area (Å²) in [7, 11) is 1.34. The summed E-state index contributed by atoms with van der Waals surface area (Å²) in [5, 5.41) is 5.07.